The van der Waals surface area contributed by atoms with Gasteiger partial charge in [0.1, 0.15) is 29.5 Å². The van der Waals surface area contributed by atoms with Gasteiger partial charge < -0.3 is 5.32 Å². The molecular weight excluding hydrogens is 312 g/mol. The summed E-state index contributed by atoms with van der Waals surface area (Å²) in [5, 5.41) is 7.84. The molecule has 0 radical (unpaired) electrons. The molecule has 118 valence electrons. The van der Waals surface area contributed by atoms with Crippen LogP contribution in [0.3, 0.4) is 0 Å². The van der Waals surface area contributed by atoms with E-state index < -0.39 is 5.82 Å². The molecule has 4 aromatic rings. The van der Waals surface area contributed by atoms with E-state index in [1.807, 2.05) is 0 Å². The summed E-state index contributed by atoms with van der Waals surface area (Å²) in [4.78, 5) is 8.36. The lowest BCUT2D eigenvalue weighted by atomic mass is 10.3. The molecule has 0 saturated carbocycles. The number of hydrogen-bond donors (Lipinski definition) is 1. The first-order chi connectivity index (χ1) is 11.7. The standard InChI is InChI=1S/C17H11F2N5/c18-11-4-3-5-12(8-11)23-16-13-9-22-24(17(13)21-10-20-16)15-7-2-1-6-14(15)19/h1-10H,(H,20,21,23). The normalized spacial score (nSPS) is 10.9. The van der Waals surface area contributed by atoms with E-state index in [2.05, 4.69) is 20.4 Å². The topological polar surface area (TPSA) is 55.6 Å². The second kappa shape index (κ2) is 5.69. The zero-order chi connectivity index (χ0) is 16.5. The highest BCUT2D eigenvalue weighted by molar-refractivity contribution is 5.89. The van der Waals surface area contributed by atoms with Crippen molar-refractivity contribution in [3.8, 4) is 5.69 Å². The molecule has 2 aromatic carbocycles. The van der Waals surface area contributed by atoms with E-state index >= 15 is 0 Å². The third-order valence-corrected chi connectivity index (χ3v) is 3.53. The molecule has 0 saturated heterocycles. The molecule has 2 heterocycles. The smallest absolute Gasteiger partial charge is 0.168 e. The zero-order valence-corrected chi connectivity index (χ0v) is 12.3. The predicted molar refractivity (Wildman–Crippen MR) is 86.3 cm³/mol. The van der Waals surface area contributed by atoms with E-state index in [4.69, 9.17) is 0 Å². The fraction of sp³-hybridized carbons (Fsp3) is 0. The van der Waals surface area contributed by atoms with Crippen LogP contribution in [0, 0.1) is 11.6 Å². The van der Waals surface area contributed by atoms with Gasteiger partial charge in [-0.1, -0.05) is 18.2 Å². The maximum atomic E-state index is 14.0. The van der Waals surface area contributed by atoms with Crippen LogP contribution < -0.4 is 5.32 Å². The van der Waals surface area contributed by atoms with Gasteiger partial charge in [-0.2, -0.15) is 5.10 Å². The van der Waals surface area contributed by atoms with Gasteiger partial charge in [0, 0.05) is 5.69 Å². The van der Waals surface area contributed by atoms with Crippen molar-refractivity contribution in [1.82, 2.24) is 19.7 Å². The van der Waals surface area contributed by atoms with Crippen molar-refractivity contribution in [2.75, 3.05) is 5.32 Å². The highest BCUT2D eigenvalue weighted by atomic mass is 19.1. The largest absolute Gasteiger partial charge is 0.339 e. The summed E-state index contributed by atoms with van der Waals surface area (Å²) in [7, 11) is 0. The Labute approximate surface area is 135 Å². The van der Waals surface area contributed by atoms with Gasteiger partial charge in [0.05, 0.1) is 11.6 Å². The lowest BCUT2D eigenvalue weighted by molar-refractivity contribution is 0.612. The molecule has 0 atom stereocenters. The van der Waals surface area contributed by atoms with Gasteiger partial charge in [0.2, 0.25) is 0 Å². The molecule has 0 aliphatic heterocycles. The maximum Gasteiger partial charge on any atom is 0.168 e. The van der Waals surface area contributed by atoms with Crippen molar-refractivity contribution in [3.63, 3.8) is 0 Å². The first-order valence-electron chi connectivity index (χ1n) is 7.18. The van der Waals surface area contributed by atoms with E-state index in [1.54, 1.807) is 36.5 Å². The Morgan fingerprint density at radius 3 is 2.67 bits per heavy atom. The highest BCUT2D eigenvalue weighted by Crippen LogP contribution is 2.25. The van der Waals surface area contributed by atoms with Crippen LogP contribution in [-0.2, 0) is 0 Å². The summed E-state index contributed by atoms with van der Waals surface area (Å²) in [6.45, 7) is 0. The number of nitrogens with zero attached hydrogens (tertiary/aromatic N) is 4. The van der Waals surface area contributed by atoms with Gasteiger partial charge in [-0.05, 0) is 30.3 Å². The number of fused-ring (bicyclic) bond motifs is 1. The molecule has 0 spiro atoms. The lowest BCUT2D eigenvalue weighted by Gasteiger charge is -2.07. The van der Waals surface area contributed by atoms with Crippen LogP contribution in [0.4, 0.5) is 20.3 Å². The number of hydrogen-bond acceptors (Lipinski definition) is 4. The number of benzene rings is 2. The summed E-state index contributed by atoms with van der Waals surface area (Å²) in [5.41, 5.74) is 1.30. The number of nitrogens with one attached hydrogen (secondary N) is 1. The minimum absolute atomic E-state index is 0.294. The monoisotopic (exact) mass is 323 g/mol. The first-order valence-corrected chi connectivity index (χ1v) is 7.18. The number of anilines is 2. The Morgan fingerprint density at radius 1 is 0.958 bits per heavy atom. The average Bonchev–Trinajstić information content (AvgIpc) is 3.00. The van der Waals surface area contributed by atoms with Crippen molar-refractivity contribution in [2.24, 2.45) is 0 Å². The molecular formula is C17H11F2N5. The average molecular weight is 323 g/mol. The minimum Gasteiger partial charge on any atom is -0.339 e. The number of halogens is 2. The Hall–Kier alpha value is -3.35. The molecule has 0 aliphatic carbocycles. The summed E-state index contributed by atoms with van der Waals surface area (Å²) < 4.78 is 28.7. The molecule has 4 rings (SSSR count). The maximum absolute atomic E-state index is 14.0. The van der Waals surface area contributed by atoms with Gasteiger partial charge in [-0.25, -0.2) is 23.4 Å². The van der Waals surface area contributed by atoms with Gasteiger partial charge in [0.25, 0.3) is 0 Å². The van der Waals surface area contributed by atoms with Gasteiger partial charge in [-0.15, -0.1) is 0 Å². The number of aromatic nitrogens is 4. The molecule has 5 nitrogen and oxygen atoms in total. The molecule has 0 amide bonds. The minimum atomic E-state index is -0.402. The molecule has 24 heavy (non-hydrogen) atoms. The van der Waals surface area contributed by atoms with Crippen LogP contribution in [0.5, 0.6) is 0 Å². The number of rotatable bonds is 3. The lowest BCUT2D eigenvalue weighted by Crippen LogP contribution is -2.01. The molecule has 7 heteroatoms. The molecule has 0 unspecified atom stereocenters. The van der Waals surface area contributed by atoms with Crippen LogP contribution in [0.15, 0.2) is 61.1 Å². The van der Waals surface area contributed by atoms with E-state index in [1.165, 1.54) is 29.2 Å². The Bertz CT molecular complexity index is 1030. The predicted octanol–water partition coefficient (Wildman–Crippen LogP) is 3.84. The van der Waals surface area contributed by atoms with Crippen molar-refractivity contribution < 1.29 is 8.78 Å². The fourth-order valence-corrected chi connectivity index (χ4v) is 2.45. The van der Waals surface area contributed by atoms with Crippen molar-refractivity contribution >= 4 is 22.5 Å². The van der Waals surface area contributed by atoms with Gasteiger partial charge in [0.15, 0.2) is 5.65 Å². The second-order valence-electron chi connectivity index (χ2n) is 5.10. The van der Waals surface area contributed by atoms with Crippen LogP contribution in [-0.4, -0.2) is 19.7 Å². The van der Waals surface area contributed by atoms with Crippen molar-refractivity contribution in [3.05, 3.63) is 72.7 Å². The third kappa shape index (κ3) is 2.45. The van der Waals surface area contributed by atoms with Crippen molar-refractivity contribution in [1.29, 1.82) is 0 Å². The summed E-state index contributed by atoms with van der Waals surface area (Å²) >= 11 is 0. The zero-order valence-electron chi connectivity index (χ0n) is 12.3. The summed E-state index contributed by atoms with van der Waals surface area (Å²) in [6, 6.07) is 12.3. The Kier molecular flexibility index (Phi) is 3.38. The highest BCUT2D eigenvalue weighted by Gasteiger charge is 2.13. The van der Waals surface area contributed by atoms with Gasteiger partial charge >= 0.3 is 0 Å². The summed E-state index contributed by atoms with van der Waals surface area (Å²) in [5.74, 6) is -0.290. The molecule has 0 bridgehead atoms. The third-order valence-electron chi connectivity index (χ3n) is 3.53. The Balaban J connectivity index is 1.81. The van der Waals surface area contributed by atoms with E-state index in [-0.39, 0.29) is 5.82 Å². The van der Waals surface area contributed by atoms with E-state index in [0.717, 1.165) is 0 Å². The summed E-state index contributed by atoms with van der Waals surface area (Å²) in [6.07, 6.45) is 2.90. The van der Waals surface area contributed by atoms with Crippen molar-refractivity contribution in [2.45, 2.75) is 0 Å². The second-order valence-corrected chi connectivity index (χ2v) is 5.10. The van der Waals surface area contributed by atoms with Crippen LogP contribution in [0.2, 0.25) is 0 Å². The van der Waals surface area contributed by atoms with E-state index in [9.17, 15) is 8.78 Å². The van der Waals surface area contributed by atoms with Gasteiger partial charge in [-0.3, -0.25) is 0 Å². The molecule has 0 fully saturated rings. The quantitative estimate of drug-likeness (QED) is 0.622. The molecule has 2 aromatic heterocycles. The Morgan fingerprint density at radius 2 is 1.83 bits per heavy atom. The van der Waals surface area contributed by atoms with E-state index in [0.29, 0.717) is 28.2 Å². The molecule has 0 aliphatic rings. The van der Waals surface area contributed by atoms with Crippen LogP contribution >= 0.6 is 0 Å². The van der Waals surface area contributed by atoms with Crippen LogP contribution in [0.25, 0.3) is 16.7 Å². The van der Waals surface area contributed by atoms with Crippen LogP contribution in [0.1, 0.15) is 0 Å². The SMILES string of the molecule is Fc1cccc(Nc2ncnc3c2cnn3-c2ccccc2F)c1. The fourth-order valence-electron chi connectivity index (χ4n) is 2.45. The first kappa shape index (κ1) is 14.3. The number of para-hydroxylation sites is 1. The molecule has 1 N–H and O–H groups in total.